The Hall–Kier alpha value is -2.23. The number of piperidine rings is 1. The van der Waals surface area contributed by atoms with Crippen LogP contribution in [0.1, 0.15) is 39.8 Å². The van der Waals surface area contributed by atoms with Crippen molar-refractivity contribution in [3.05, 3.63) is 56.9 Å². The minimum Gasteiger partial charge on any atom is -0.465 e. The molecule has 3 aromatic heterocycles. The number of thiophene rings is 2. The van der Waals surface area contributed by atoms with Gasteiger partial charge >= 0.3 is 5.97 Å². The fraction of sp³-hybridized carbons (Fsp3) is 0.381. The van der Waals surface area contributed by atoms with E-state index in [0.717, 1.165) is 38.9 Å². The molecule has 1 saturated heterocycles. The van der Waals surface area contributed by atoms with Crippen LogP contribution in [0.3, 0.4) is 0 Å². The third kappa shape index (κ3) is 4.74. The summed E-state index contributed by atoms with van der Waals surface area (Å²) >= 11 is 8.70. The molecule has 1 N–H and O–H groups in total. The number of aromatic nitrogens is 2. The molecule has 1 aliphatic heterocycles. The number of carbonyl (C=O) groups excluding carboxylic acids is 1. The number of nitrogens with zero attached hydrogens (tertiary/aromatic N) is 3. The number of anilines is 1. The van der Waals surface area contributed by atoms with E-state index >= 15 is 0 Å². The van der Waals surface area contributed by atoms with Gasteiger partial charge in [-0.2, -0.15) is 11.3 Å². The highest BCUT2D eigenvalue weighted by atomic mass is 32.1. The van der Waals surface area contributed by atoms with Gasteiger partial charge < -0.3 is 19.5 Å². The zero-order valence-electron chi connectivity index (χ0n) is 16.7. The monoisotopic (exact) mass is 460 g/mol. The molecular formula is C21H24N4O2S3. The van der Waals surface area contributed by atoms with Crippen LogP contribution >= 0.6 is 34.9 Å². The Morgan fingerprint density at radius 3 is 2.90 bits per heavy atom. The Kier molecular flexibility index (Phi) is 6.81. The van der Waals surface area contributed by atoms with Crippen LogP contribution in [0.5, 0.6) is 0 Å². The Balaban J connectivity index is 1.32. The lowest BCUT2D eigenvalue weighted by Crippen LogP contribution is -2.40. The summed E-state index contributed by atoms with van der Waals surface area (Å²) in [6, 6.07) is 4.05. The lowest BCUT2D eigenvalue weighted by molar-refractivity contribution is 0.0607. The van der Waals surface area contributed by atoms with Crippen molar-refractivity contribution in [2.24, 2.45) is 0 Å². The molecule has 6 nitrogen and oxygen atoms in total. The number of aryl methyl sites for hydroxylation is 2. The van der Waals surface area contributed by atoms with Crippen LogP contribution in [0.4, 0.5) is 5.69 Å². The van der Waals surface area contributed by atoms with E-state index in [1.54, 1.807) is 11.3 Å². The highest BCUT2D eigenvalue weighted by molar-refractivity contribution is 7.80. The highest BCUT2D eigenvalue weighted by Gasteiger charge is 2.26. The number of likely N-dealkylation sites (tertiary alicyclic amines) is 1. The summed E-state index contributed by atoms with van der Waals surface area (Å²) in [4.78, 5) is 19.2. The molecule has 0 aliphatic carbocycles. The van der Waals surface area contributed by atoms with E-state index in [1.807, 2.05) is 17.6 Å². The Morgan fingerprint density at radius 1 is 1.33 bits per heavy atom. The molecular weight excluding hydrogens is 436 g/mol. The van der Waals surface area contributed by atoms with Gasteiger partial charge in [0.2, 0.25) is 0 Å². The first-order valence-electron chi connectivity index (χ1n) is 9.89. The molecule has 9 heteroatoms. The second-order valence-electron chi connectivity index (χ2n) is 7.21. The summed E-state index contributed by atoms with van der Waals surface area (Å²) in [6.07, 6.45) is 7.04. The fourth-order valence-corrected chi connectivity index (χ4v) is 5.51. The van der Waals surface area contributed by atoms with Crippen LogP contribution in [-0.2, 0) is 17.7 Å². The molecule has 0 saturated carbocycles. The van der Waals surface area contributed by atoms with Gasteiger partial charge in [0, 0.05) is 37.9 Å². The molecule has 4 heterocycles. The smallest absolute Gasteiger partial charge is 0.350 e. The number of esters is 1. The number of thiocarbonyl (C=S) groups is 1. The van der Waals surface area contributed by atoms with E-state index in [9.17, 15) is 4.79 Å². The van der Waals surface area contributed by atoms with Crippen molar-refractivity contribution in [1.29, 1.82) is 0 Å². The van der Waals surface area contributed by atoms with Gasteiger partial charge in [0.15, 0.2) is 5.11 Å². The van der Waals surface area contributed by atoms with Crippen LogP contribution in [-0.4, -0.2) is 45.7 Å². The minimum atomic E-state index is -0.344. The molecule has 30 heavy (non-hydrogen) atoms. The van der Waals surface area contributed by atoms with Gasteiger partial charge in [-0.25, -0.2) is 9.78 Å². The van der Waals surface area contributed by atoms with Crippen LogP contribution in [0, 0.1) is 0 Å². The highest BCUT2D eigenvalue weighted by Crippen LogP contribution is 2.29. The van der Waals surface area contributed by atoms with E-state index in [4.69, 9.17) is 17.0 Å². The standard InChI is InChI=1S/C21H24N4O2S3/c1-27-20(26)18-17(6-13-30-18)23-21(28)25-9-3-16(4-10-25)19-22-7-11-24(19)8-2-15-5-12-29-14-15/h5-7,11-14,16H,2-4,8-10H2,1H3,(H,23,28). The maximum Gasteiger partial charge on any atom is 0.350 e. The number of ether oxygens (including phenoxy) is 1. The van der Waals surface area contributed by atoms with Crippen molar-refractivity contribution in [2.75, 3.05) is 25.5 Å². The number of rotatable bonds is 6. The lowest BCUT2D eigenvalue weighted by atomic mass is 9.96. The maximum atomic E-state index is 11.9. The second-order valence-corrected chi connectivity index (χ2v) is 9.29. The van der Waals surface area contributed by atoms with Crippen molar-refractivity contribution in [1.82, 2.24) is 14.5 Å². The summed E-state index contributed by atoms with van der Waals surface area (Å²) in [6.45, 7) is 2.69. The third-order valence-electron chi connectivity index (χ3n) is 5.39. The molecule has 0 unspecified atom stereocenters. The van der Waals surface area contributed by atoms with E-state index in [2.05, 4.69) is 42.8 Å². The molecule has 3 aromatic rings. The first-order valence-corrected chi connectivity index (χ1v) is 12.1. The van der Waals surface area contributed by atoms with Crippen molar-refractivity contribution in [2.45, 2.75) is 31.7 Å². The average molecular weight is 461 g/mol. The molecule has 1 aliphatic rings. The van der Waals surface area contributed by atoms with Crippen molar-refractivity contribution >= 4 is 51.7 Å². The molecule has 4 rings (SSSR count). The van der Waals surface area contributed by atoms with Crippen molar-refractivity contribution in [3.63, 3.8) is 0 Å². The van der Waals surface area contributed by atoms with Gasteiger partial charge in [-0.15, -0.1) is 11.3 Å². The van der Waals surface area contributed by atoms with Gasteiger partial charge in [0.25, 0.3) is 0 Å². The Bertz CT molecular complexity index is 988. The number of hydrogen-bond donors (Lipinski definition) is 1. The molecule has 0 spiro atoms. The molecule has 0 atom stereocenters. The van der Waals surface area contributed by atoms with Crippen LogP contribution < -0.4 is 5.32 Å². The van der Waals surface area contributed by atoms with Gasteiger partial charge in [0.1, 0.15) is 10.7 Å². The molecule has 0 aromatic carbocycles. The normalized spacial score (nSPS) is 14.6. The summed E-state index contributed by atoms with van der Waals surface area (Å²) in [7, 11) is 1.39. The molecule has 0 bridgehead atoms. The minimum absolute atomic E-state index is 0.344. The molecule has 0 amide bonds. The summed E-state index contributed by atoms with van der Waals surface area (Å²) < 4.78 is 7.13. The average Bonchev–Trinajstić information content (AvgIpc) is 3.53. The van der Waals surface area contributed by atoms with Crippen molar-refractivity contribution in [3.8, 4) is 0 Å². The van der Waals surface area contributed by atoms with Crippen molar-refractivity contribution < 1.29 is 9.53 Å². The number of hydrogen-bond acceptors (Lipinski definition) is 6. The predicted octanol–water partition coefficient (Wildman–Crippen LogP) is 4.61. The van der Waals surface area contributed by atoms with Crippen LogP contribution in [0.2, 0.25) is 0 Å². The van der Waals surface area contributed by atoms with E-state index < -0.39 is 0 Å². The molecule has 158 valence electrons. The van der Waals surface area contributed by atoms with E-state index in [1.165, 1.54) is 29.8 Å². The van der Waals surface area contributed by atoms with E-state index in [0.29, 0.717) is 21.6 Å². The number of imidazole rings is 1. The zero-order chi connectivity index (χ0) is 20.9. The number of nitrogens with one attached hydrogen (secondary N) is 1. The van der Waals surface area contributed by atoms with Crippen LogP contribution in [0.15, 0.2) is 40.7 Å². The first kappa shape index (κ1) is 21.0. The summed E-state index contributed by atoms with van der Waals surface area (Å²) in [5.74, 6) is 1.27. The van der Waals surface area contributed by atoms with Gasteiger partial charge in [0.05, 0.1) is 12.8 Å². The fourth-order valence-electron chi connectivity index (χ4n) is 3.75. The van der Waals surface area contributed by atoms with Gasteiger partial charge in [-0.1, -0.05) is 0 Å². The number of methoxy groups -OCH3 is 1. The topological polar surface area (TPSA) is 59.4 Å². The molecule has 1 fully saturated rings. The quantitative estimate of drug-likeness (QED) is 0.428. The zero-order valence-corrected chi connectivity index (χ0v) is 19.2. The van der Waals surface area contributed by atoms with Crippen LogP contribution in [0.25, 0.3) is 0 Å². The summed E-state index contributed by atoms with van der Waals surface area (Å²) in [5, 5.41) is 10.1. The number of carbonyl (C=O) groups is 1. The Morgan fingerprint density at radius 2 is 2.17 bits per heavy atom. The largest absolute Gasteiger partial charge is 0.465 e. The SMILES string of the molecule is COC(=O)c1sccc1NC(=S)N1CCC(c2nccn2CCc2ccsc2)CC1. The maximum absolute atomic E-state index is 11.9. The summed E-state index contributed by atoms with van der Waals surface area (Å²) in [5.41, 5.74) is 2.09. The molecule has 0 radical (unpaired) electrons. The van der Waals surface area contributed by atoms with Gasteiger partial charge in [-0.3, -0.25) is 0 Å². The van der Waals surface area contributed by atoms with E-state index in [-0.39, 0.29) is 5.97 Å². The third-order valence-corrected chi connectivity index (χ3v) is 7.38. The van der Waals surface area contributed by atoms with Gasteiger partial charge in [-0.05, 0) is 65.3 Å². The predicted molar refractivity (Wildman–Crippen MR) is 126 cm³/mol. The second kappa shape index (κ2) is 9.72. The Labute approximate surface area is 189 Å². The first-order chi connectivity index (χ1) is 14.7. The lowest BCUT2D eigenvalue weighted by Gasteiger charge is -2.33.